The van der Waals surface area contributed by atoms with Gasteiger partial charge in [0, 0.05) is 32.8 Å². The van der Waals surface area contributed by atoms with E-state index in [9.17, 15) is 9.90 Å². The van der Waals surface area contributed by atoms with Crippen LogP contribution < -0.4 is 9.47 Å². The van der Waals surface area contributed by atoms with Crippen LogP contribution in [0.5, 0.6) is 11.5 Å². The van der Waals surface area contributed by atoms with Gasteiger partial charge in [0.1, 0.15) is 17.1 Å². The second-order valence-corrected chi connectivity index (χ2v) is 12.1. The van der Waals surface area contributed by atoms with Crippen molar-refractivity contribution in [3.8, 4) is 11.5 Å². The first-order valence-electron chi connectivity index (χ1n) is 13.3. The van der Waals surface area contributed by atoms with Crippen LogP contribution in [-0.2, 0) is 18.9 Å². The molecule has 37 heavy (non-hydrogen) atoms. The Hall–Kier alpha value is -1.87. The Kier molecular flexibility index (Phi) is 7.63. The second kappa shape index (κ2) is 10.0. The van der Waals surface area contributed by atoms with E-state index in [1.165, 1.54) is 34.9 Å². The second-order valence-electron chi connectivity index (χ2n) is 12.1. The van der Waals surface area contributed by atoms with Crippen molar-refractivity contribution in [1.29, 1.82) is 0 Å². The number of benzene rings is 1. The molecule has 2 fully saturated rings. The average molecular weight is 521 g/mol. The summed E-state index contributed by atoms with van der Waals surface area (Å²) in [5.74, 6) is 0.746. The maximum Gasteiger partial charge on any atom is 0.345 e. The largest absolute Gasteiger partial charge is 0.495 e. The van der Waals surface area contributed by atoms with Crippen molar-refractivity contribution in [2.24, 2.45) is 22.7 Å². The third kappa shape index (κ3) is 4.44. The smallest absolute Gasteiger partial charge is 0.345 e. The van der Waals surface area contributed by atoms with E-state index in [0.717, 1.165) is 25.7 Å². The monoisotopic (exact) mass is 520 g/mol. The van der Waals surface area contributed by atoms with Crippen LogP contribution in [0.15, 0.2) is 0 Å². The standard InChI is InChI=1S/C29H44O8/c1-16-22(32-6)20-19(26(35-9)37-24(20)30)21(25(33-7)34-8)23(16)36-15-18-28(4)13-10-12-27(2,3)17(28)11-14-29(18,5)31/h17-18,25-26,31H,10-15H2,1-9H3/t17-,18+,26-,28-,29+/m0/s1. The molecule has 5 atom stereocenters. The van der Waals surface area contributed by atoms with Crippen molar-refractivity contribution in [2.45, 2.75) is 84.9 Å². The molecule has 1 N–H and O–H groups in total. The van der Waals surface area contributed by atoms with Gasteiger partial charge in [-0.1, -0.05) is 27.2 Å². The number of ether oxygens (including phenoxy) is 6. The molecule has 0 bridgehead atoms. The van der Waals surface area contributed by atoms with Crippen molar-refractivity contribution in [2.75, 3.05) is 35.0 Å². The molecule has 2 saturated carbocycles. The Balaban J connectivity index is 1.82. The molecule has 1 heterocycles. The van der Waals surface area contributed by atoms with E-state index in [0.29, 0.717) is 46.3 Å². The van der Waals surface area contributed by atoms with Gasteiger partial charge in [0.25, 0.3) is 0 Å². The fourth-order valence-electron chi connectivity index (χ4n) is 7.87. The molecule has 2 aliphatic carbocycles. The quantitative estimate of drug-likeness (QED) is 0.356. The van der Waals surface area contributed by atoms with E-state index in [1.807, 2.05) is 13.8 Å². The van der Waals surface area contributed by atoms with E-state index < -0.39 is 24.2 Å². The summed E-state index contributed by atoms with van der Waals surface area (Å²) in [5.41, 5.74) is 1.22. The zero-order chi connectivity index (χ0) is 27.3. The summed E-state index contributed by atoms with van der Waals surface area (Å²) >= 11 is 0. The van der Waals surface area contributed by atoms with Gasteiger partial charge in [-0.25, -0.2) is 4.79 Å². The van der Waals surface area contributed by atoms with Crippen LogP contribution in [-0.4, -0.2) is 51.7 Å². The van der Waals surface area contributed by atoms with Crippen molar-refractivity contribution in [1.82, 2.24) is 0 Å². The minimum absolute atomic E-state index is 0.0750. The molecule has 8 heteroatoms. The Labute approximate surface area is 220 Å². The maximum atomic E-state index is 12.8. The molecule has 4 rings (SSSR count). The van der Waals surface area contributed by atoms with Gasteiger partial charge < -0.3 is 33.5 Å². The summed E-state index contributed by atoms with van der Waals surface area (Å²) in [6, 6.07) is 0. The summed E-state index contributed by atoms with van der Waals surface area (Å²) in [6.07, 6.45) is 3.35. The molecule has 208 valence electrons. The molecule has 1 aromatic rings. The highest BCUT2D eigenvalue weighted by atomic mass is 16.7. The molecule has 0 unspecified atom stereocenters. The molecule has 0 radical (unpaired) electrons. The highest BCUT2D eigenvalue weighted by Crippen LogP contribution is 2.62. The lowest BCUT2D eigenvalue weighted by Crippen LogP contribution is -2.59. The number of carbonyl (C=O) groups is 1. The number of cyclic esters (lactones) is 1. The Morgan fingerprint density at radius 3 is 2.30 bits per heavy atom. The zero-order valence-electron chi connectivity index (χ0n) is 23.9. The van der Waals surface area contributed by atoms with Crippen LogP contribution in [0, 0.1) is 29.6 Å². The maximum absolute atomic E-state index is 12.8. The fourth-order valence-corrected chi connectivity index (χ4v) is 7.87. The zero-order valence-corrected chi connectivity index (χ0v) is 23.9. The molecule has 0 spiro atoms. The van der Waals surface area contributed by atoms with E-state index >= 15 is 0 Å². The predicted octanol–water partition coefficient (Wildman–Crippen LogP) is 5.48. The first-order valence-corrected chi connectivity index (χ1v) is 13.3. The third-order valence-corrected chi connectivity index (χ3v) is 9.60. The number of fused-ring (bicyclic) bond motifs is 2. The lowest BCUT2D eigenvalue weighted by molar-refractivity contribution is -0.176. The lowest BCUT2D eigenvalue weighted by Gasteiger charge is -2.61. The Morgan fingerprint density at radius 1 is 1.03 bits per heavy atom. The van der Waals surface area contributed by atoms with Gasteiger partial charge in [-0.05, 0) is 56.3 Å². The van der Waals surface area contributed by atoms with E-state index in [2.05, 4.69) is 20.8 Å². The first-order chi connectivity index (χ1) is 17.4. The van der Waals surface area contributed by atoms with E-state index in [1.54, 1.807) is 0 Å². The first kappa shape index (κ1) is 28.1. The molecule has 1 aliphatic heterocycles. The van der Waals surface area contributed by atoms with E-state index in [4.69, 9.17) is 28.4 Å². The summed E-state index contributed by atoms with van der Waals surface area (Å²) in [7, 11) is 6.06. The molecule has 8 nitrogen and oxygen atoms in total. The Bertz CT molecular complexity index is 1030. The minimum atomic E-state index is -0.944. The minimum Gasteiger partial charge on any atom is -0.495 e. The summed E-state index contributed by atoms with van der Waals surface area (Å²) < 4.78 is 34.7. The molecule has 3 aliphatic rings. The highest BCUT2D eigenvalue weighted by Gasteiger charge is 2.58. The SMILES string of the molecule is COc1c(C)c(OC[C@@H]2[C@@]3(C)CCCC(C)(C)[C@@H]3CC[C@@]2(C)O)c(C(OC)OC)c2c1C(=O)O[C@@H]2OC. The van der Waals surface area contributed by atoms with Gasteiger partial charge in [-0.2, -0.15) is 0 Å². The number of hydrogen-bond donors (Lipinski definition) is 1. The number of esters is 1. The van der Waals surface area contributed by atoms with Gasteiger partial charge in [0.15, 0.2) is 6.29 Å². The summed E-state index contributed by atoms with van der Waals surface area (Å²) in [5, 5.41) is 11.7. The van der Waals surface area contributed by atoms with E-state index in [-0.39, 0.29) is 16.7 Å². The van der Waals surface area contributed by atoms with Gasteiger partial charge in [-0.3, -0.25) is 0 Å². The molecule has 1 aromatic carbocycles. The number of aliphatic hydroxyl groups is 1. The van der Waals surface area contributed by atoms with Gasteiger partial charge >= 0.3 is 5.97 Å². The van der Waals surface area contributed by atoms with Gasteiger partial charge in [0.2, 0.25) is 6.29 Å². The number of hydrogen-bond acceptors (Lipinski definition) is 8. The van der Waals surface area contributed by atoms with Crippen LogP contribution in [0.4, 0.5) is 0 Å². The van der Waals surface area contributed by atoms with Crippen LogP contribution in [0.2, 0.25) is 0 Å². The van der Waals surface area contributed by atoms with Crippen LogP contribution in [0.1, 0.15) is 99.4 Å². The van der Waals surface area contributed by atoms with Crippen LogP contribution in [0.3, 0.4) is 0 Å². The number of rotatable bonds is 8. The van der Waals surface area contributed by atoms with Crippen molar-refractivity contribution in [3.05, 3.63) is 22.3 Å². The van der Waals surface area contributed by atoms with Crippen LogP contribution >= 0.6 is 0 Å². The molecular formula is C29H44O8. The number of methoxy groups -OCH3 is 4. The molecule has 0 amide bonds. The molecule has 0 saturated heterocycles. The van der Waals surface area contributed by atoms with Crippen molar-refractivity contribution >= 4 is 5.97 Å². The van der Waals surface area contributed by atoms with Gasteiger partial charge in [0.05, 0.1) is 30.4 Å². The third-order valence-electron chi connectivity index (χ3n) is 9.60. The van der Waals surface area contributed by atoms with Gasteiger partial charge in [-0.15, -0.1) is 0 Å². The summed E-state index contributed by atoms with van der Waals surface area (Å²) in [4.78, 5) is 12.8. The fraction of sp³-hybridized carbons (Fsp3) is 0.759. The average Bonchev–Trinajstić information content (AvgIpc) is 3.15. The van der Waals surface area contributed by atoms with Crippen molar-refractivity contribution < 1.29 is 38.3 Å². The predicted molar refractivity (Wildman–Crippen MR) is 138 cm³/mol. The van der Waals surface area contributed by atoms with Crippen LogP contribution in [0.25, 0.3) is 0 Å². The Morgan fingerprint density at radius 2 is 1.70 bits per heavy atom. The van der Waals surface area contributed by atoms with Crippen molar-refractivity contribution in [3.63, 3.8) is 0 Å². The molecular weight excluding hydrogens is 476 g/mol. The number of carbonyl (C=O) groups excluding carboxylic acids is 1. The normalized spacial score (nSPS) is 32.6. The topological polar surface area (TPSA) is 92.7 Å². The summed E-state index contributed by atoms with van der Waals surface area (Å²) in [6.45, 7) is 11.2. The molecule has 0 aromatic heterocycles. The highest BCUT2D eigenvalue weighted by molar-refractivity contribution is 5.98. The lowest BCUT2D eigenvalue weighted by atomic mass is 9.46.